The van der Waals surface area contributed by atoms with Crippen molar-refractivity contribution in [1.82, 2.24) is 14.9 Å². The van der Waals surface area contributed by atoms with Crippen molar-refractivity contribution in [3.8, 4) is 0 Å². The Hall–Kier alpha value is -1.95. The van der Waals surface area contributed by atoms with Gasteiger partial charge in [-0.05, 0) is 33.3 Å². The Bertz CT molecular complexity index is 839. The van der Waals surface area contributed by atoms with E-state index in [9.17, 15) is 9.18 Å². The summed E-state index contributed by atoms with van der Waals surface area (Å²) in [6, 6.07) is 3.54. The van der Waals surface area contributed by atoms with E-state index in [-0.39, 0.29) is 17.0 Å². The molecular formula is C17H21FN4O. The maximum Gasteiger partial charge on any atom is 0.191 e. The zero-order chi connectivity index (χ0) is 16.4. The number of hydrogen-bond donors (Lipinski definition) is 1. The first-order valence-electron chi connectivity index (χ1n) is 8.07. The van der Waals surface area contributed by atoms with E-state index in [2.05, 4.69) is 10.3 Å². The predicted molar refractivity (Wildman–Crippen MR) is 88.5 cm³/mol. The van der Waals surface area contributed by atoms with Crippen molar-refractivity contribution >= 4 is 16.9 Å². The van der Waals surface area contributed by atoms with Gasteiger partial charge in [-0.1, -0.05) is 0 Å². The largest absolute Gasteiger partial charge is 0.348 e. The van der Waals surface area contributed by atoms with E-state index >= 15 is 0 Å². The van der Waals surface area contributed by atoms with Gasteiger partial charge in [-0.3, -0.25) is 4.79 Å². The maximum absolute atomic E-state index is 14.6. The van der Waals surface area contributed by atoms with Crippen LogP contribution in [-0.4, -0.2) is 34.7 Å². The van der Waals surface area contributed by atoms with Gasteiger partial charge in [0.15, 0.2) is 17.1 Å². The number of piperazine rings is 1. The number of aromatic nitrogens is 2. The SMILES string of the molecule is CC(C)(C)n1ccc(=O)c2cc(F)c(N3C[C@@H]4C[C@H]3CN4)nc21. The number of fused-ring (bicyclic) bond motifs is 3. The molecule has 0 spiro atoms. The van der Waals surface area contributed by atoms with E-state index in [0.29, 0.717) is 22.9 Å². The Kier molecular flexibility index (Phi) is 3.04. The summed E-state index contributed by atoms with van der Waals surface area (Å²) >= 11 is 0. The second-order valence-electron chi connectivity index (χ2n) is 7.53. The monoisotopic (exact) mass is 316 g/mol. The van der Waals surface area contributed by atoms with E-state index in [1.807, 2.05) is 30.2 Å². The number of anilines is 1. The summed E-state index contributed by atoms with van der Waals surface area (Å²) in [6.07, 6.45) is 2.77. The summed E-state index contributed by atoms with van der Waals surface area (Å²) in [5.41, 5.74) is 0.125. The third-order valence-electron chi connectivity index (χ3n) is 4.86. The molecule has 2 aromatic heterocycles. The van der Waals surface area contributed by atoms with Crippen LogP contribution in [0.3, 0.4) is 0 Å². The van der Waals surface area contributed by atoms with Crippen LogP contribution in [0.1, 0.15) is 27.2 Å². The predicted octanol–water partition coefficient (Wildman–Crippen LogP) is 1.84. The standard InChI is InChI=1S/C17H21FN4O/c1-17(2,3)22-5-4-14(23)12-7-13(18)16(20-15(12)22)21-9-10-6-11(21)8-19-10/h4-5,7,10-11,19H,6,8-9H2,1-3H3/t10-,11-/m0/s1. The molecule has 2 aromatic rings. The second kappa shape index (κ2) is 4.77. The van der Waals surface area contributed by atoms with Crippen LogP contribution < -0.4 is 15.6 Å². The quantitative estimate of drug-likeness (QED) is 0.872. The van der Waals surface area contributed by atoms with Crippen LogP contribution in [0, 0.1) is 5.82 Å². The topological polar surface area (TPSA) is 50.2 Å². The van der Waals surface area contributed by atoms with Crippen LogP contribution >= 0.6 is 0 Å². The minimum atomic E-state index is -0.409. The third-order valence-corrected chi connectivity index (χ3v) is 4.86. The average Bonchev–Trinajstić information content (AvgIpc) is 3.09. The first-order valence-corrected chi connectivity index (χ1v) is 8.07. The minimum Gasteiger partial charge on any atom is -0.348 e. The van der Waals surface area contributed by atoms with Crippen molar-refractivity contribution in [2.75, 3.05) is 18.0 Å². The molecule has 0 radical (unpaired) electrons. The zero-order valence-corrected chi connectivity index (χ0v) is 13.6. The lowest BCUT2D eigenvalue weighted by Gasteiger charge is -2.30. The van der Waals surface area contributed by atoms with Gasteiger partial charge in [-0.2, -0.15) is 0 Å². The number of nitrogens with one attached hydrogen (secondary N) is 1. The normalized spacial score (nSPS) is 23.9. The summed E-state index contributed by atoms with van der Waals surface area (Å²) in [4.78, 5) is 18.8. The molecule has 0 unspecified atom stereocenters. The van der Waals surface area contributed by atoms with Crippen LogP contribution in [0.4, 0.5) is 10.2 Å². The first kappa shape index (κ1) is 14.6. The number of rotatable bonds is 1. The van der Waals surface area contributed by atoms with Crippen LogP contribution in [-0.2, 0) is 5.54 Å². The van der Waals surface area contributed by atoms with Crippen molar-refractivity contribution in [3.63, 3.8) is 0 Å². The molecular weight excluding hydrogens is 295 g/mol. The number of halogens is 1. The highest BCUT2D eigenvalue weighted by Crippen LogP contribution is 2.31. The highest BCUT2D eigenvalue weighted by Gasteiger charge is 2.39. The molecule has 4 rings (SSSR count). The molecule has 1 N–H and O–H groups in total. The smallest absolute Gasteiger partial charge is 0.191 e. The summed E-state index contributed by atoms with van der Waals surface area (Å²) in [6.45, 7) is 7.77. The van der Waals surface area contributed by atoms with Crippen LogP contribution in [0.15, 0.2) is 23.1 Å². The van der Waals surface area contributed by atoms with Gasteiger partial charge in [0.2, 0.25) is 0 Å². The number of nitrogens with zero attached hydrogens (tertiary/aromatic N) is 3. The lowest BCUT2D eigenvalue weighted by atomic mass is 10.1. The molecule has 2 fully saturated rings. The average molecular weight is 316 g/mol. The molecule has 2 saturated heterocycles. The molecule has 0 amide bonds. The van der Waals surface area contributed by atoms with Gasteiger partial charge >= 0.3 is 0 Å². The Morgan fingerprint density at radius 2 is 2.17 bits per heavy atom. The molecule has 0 aromatic carbocycles. The van der Waals surface area contributed by atoms with E-state index in [1.54, 1.807) is 6.20 Å². The lowest BCUT2D eigenvalue weighted by molar-refractivity contribution is 0.405. The third kappa shape index (κ3) is 2.24. The van der Waals surface area contributed by atoms with Gasteiger partial charge in [0, 0.05) is 43.0 Å². The van der Waals surface area contributed by atoms with Gasteiger partial charge in [-0.15, -0.1) is 0 Å². The number of hydrogen-bond acceptors (Lipinski definition) is 4. The highest BCUT2D eigenvalue weighted by molar-refractivity contribution is 5.77. The van der Waals surface area contributed by atoms with Crippen LogP contribution in [0.2, 0.25) is 0 Å². The van der Waals surface area contributed by atoms with E-state index < -0.39 is 5.82 Å². The maximum atomic E-state index is 14.6. The molecule has 5 nitrogen and oxygen atoms in total. The summed E-state index contributed by atoms with van der Waals surface area (Å²) < 4.78 is 16.6. The molecule has 2 bridgehead atoms. The minimum absolute atomic E-state index is 0.192. The van der Waals surface area contributed by atoms with Gasteiger partial charge in [0.25, 0.3) is 0 Å². The van der Waals surface area contributed by atoms with E-state index in [0.717, 1.165) is 19.5 Å². The molecule has 122 valence electrons. The molecule has 0 aliphatic carbocycles. The van der Waals surface area contributed by atoms with Crippen molar-refractivity contribution in [1.29, 1.82) is 0 Å². The Labute approximate surface area is 134 Å². The van der Waals surface area contributed by atoms with Gasteiger partial charge < -0.3 is 14.8 Å². The molecule has 0 saturated carbocycles. The van der Waals surface area contributed by atoms with E-state index in [4.69, 9.17) is 0 Å². The van der Waals surface area contributed by atoms with E-state index in [1.165, 1.54) is 12.1 Å². The number of pyridine rings is 2. The molecule has 2 aliphatic rings. The van der Waals surface area contributed by atoms with Gasteiger partial charge in [0.05, 0.1) is 5.39 Å². The zero-order valence-electron chi connectivity index (χ0n) is 13.6. The lowest BCUT2D eigenvalue weighted by Crippen LogP contribution is -2.44. The summed E-state index contributed by atoms with van der Waals surface area (Å²) in [5, 5.41) is 3.75. The van der Waals surface area contributed by atoms with Crippen LogP contribution in [0.5, 0.6) is 0 Å². The summed E-state index contributed by atoms with van der Waals surface area (Å²) in [5.74, 6) is -0.0380. The molecule has 2 atom stereocenters. The molecule has 23 heavy (non-hydrogen) atoms. The fraction of sp³-hybridized carbons (Fsp3) is 0.529. The Morgan fingerprint density at radius 3 is 2.78 bits per heavy atom. The molecule has 4 heterocycles. The highest BCUT2D eigenvalue weighted by atomic mass is 19.1. The van der Waals surface area contributed by atoms with Crippen molar-refractivity contribution < 1.29 is 4.39 Å². The van der Waals surface area contributed by atoms with Gasteiger partial charge in [-0.25, -0.2) is 9.37 Å². The fourth-order valence-electron chi connectivity index (χ4n) is 3.70. The fourth-order valence-corrected chi connectivity index (χ4v) is 3.70. The van der Waals surface area contributed by atoms with Gasteiger partial charge in [0.1, 0.15) is 5.65 Å². The first-order chi connectivity index (χ1) is 10.8. The Morgan fingerprint density at radius 1 is 1.39 bits per heavy atom. The molecule has 2 aliphatic heterocycles. The van der Waals surface area contributed by atoms with Crippen molar-refractivity contribution in [2.24, 2.45) is 0 Å². The Balaban J connectivity index is 1.93. The van der Waals surface area contributed by atoms with Crippen molar-refractivity contribution in [2.45, 2.75) is 44.8 Å². The van der Waals surface area contributed by atoms with Crippen molar-refractivity contribution in [3.05, 3.63) is 34.4 Å². The molecule has 6 heteroatoms. The van der Waals surface area contributed by atoms with Crippen LogP contribution in [0.25, 0.3) is 11.0 Å². The second-order valence-corrected chi connectivity index (χ2v) is 7.53. The summed E-state index contributed by atoms with van der Waals surface area (Å²) in [7, 11) is 0.